The van der Waals surface area contributed by atoms with Crippen molar-refractivity contribution in [3.8, 4) is 0 Å². The number of rotatable bonds is 11. The molecule has 29 heavy (non-hydrogen) atoms. The van der Waals surface area contributed by atoms with E-state index in [9.17, 15) is 9.59 Å². The van der Waals surface area contributed by atoms with Gasteiger partial charge in [-0.3, -0.25) is 0 Å². The van der Waals surface area contributed by atoms with Crippen LogP contribution in [0.3, 0.4) is 0 Å². The zero-order valence-electron chi connectivity index (χ0n) is 18.7. The largest absolute Gasteiger partial charge is 0.450 e. The van der Waals surface area contributed by atoms with Gasteiger partial charge in [0.05, 0.1) is 27.9 Å². The van der Waals surface area contributed by atoms with Gasteiger partial charge in [0.1, 0.15) is 5.60 Å². The molecule has 0 unspecified atom stereocenters. The van der Waals surface area contributed by atoms with E-state index in [-0.39, 0.29) is 0 Å². The molecule has 0 aromatic heterocycles. The second kappa shape index (κ2) is 13.6. The first-order valence-electron chi connectivity index (χ1n) is 10.8. The molecule has 1 rings (SSSR count). The van der Waals surface area contributed by atoms with Crippen LogP contribution in [0.25, 0.3) is 0 Å². The smallest absolute Gasteiger partial charge is 0.407 e. The van der Waals surface area contributed by atoms with Crippen molar-refractivity contribution in [1.82, 2.24) is 10.6 Å². The first kappa shape index (κ1) is 25.5. The number of carbonyl (C=O) groups excluding carboxylic acids is 2. The molecule has 1 aliphatic rings. The molecule has 1 heterocycles. The highest BCUT2D eigenvalue weighted by Gasteiger charge is 2.25. The molecule has 2 amide bonds. The Labute approximate surface area is 176 Å². The molecule has 0 aromatic rings. The lowest BCUT2D eigenvalue weighted by atomic mass is 10.2. The topological polar surface area (TPSA) is 85.9 Å². The van der Waals surface area contributed by atoms with Crippen LogP contribution in [0.2, 0.25) is 24.7 Å². The van der Waals surface area contributed by atoms with Crippen LogP contribution in [0.5, 0.6) is 0 Å². The monoisotopic (exact) mass is 428 g/mol. The Morgan fingerprint density at radius 1 is 0.931 bits per heavy atom. The Kier molecular flexibility index (Phi) is 12.0. The Morgan fingerprint density at radius 2 is 1.52 bits per heavy atom. The van der Waals surface area contributed by atoms with Gasteiger partial charge in [0, 0.05) is 13.1 Å². The van der Waals surface area contributed by atoms with Crippen molar-refractivity contribution in [1.29, 1.82) is 0 Å². The van der Waals surface area contributed by atoms with E-state index in [1.807, 2.05) is 20.8 Å². The number of ether oxygens (including phenoxy) is 3. The molecule has 0 radical (unpaired) electrons. The summed E-state index contributed by atoms with van der Waals surface area (Å²) in [7, 11) is -1.09. The van der Waals surface area contributed by atoms with Gasteiger partial charge < -0.3 is 24.8 Å². The molecule has 1 aliphatic heterocycles. The van der Waals surface area contributed by atoms with Crippen LogP contribution in [-0.4, -0.2) is 58.8 Å². The lowest BCUT2D eigenvalue weighted by molar-refractivity contribution is 0.0500. The molecule has 8 heteroatoms. The molecular formula is C21H40N2O5Si. The van der Waals surface area contributed by atoms with Gasteiger partial charge in [-0.25, -0.2) is 9.59 Å². The third kappa shape index (κ3) is 14.1. The quantitative estimate of drug-likeness (QED) is 0.288. The fourth-order valence-corrected chi connectivity index (χ4v) is 6.79. The van der Waals surface area contributed by atoms with Crippen molar-refractivity contribution < 1.29 is 23.8 Å². The Bertz CT molecular complexity index is 510. The van der Waals surface area contributed by atoms with Crippen molar-refractivity contribution in [3.63, 3.8) is 0 Å². The van der Waals surface area contributed by atoms with Gasteiger partial charge >= 0.3 is 12.2 Å². The highest BCUT2D eigenvalue weighted by molar-refractivity contribution is 6.78. The third-order valence-corrected chi connectivity index (χ3v) is 9.39. The molecule has 7 nitrogen and oxygen atoms in total. The normalized spacial score (nSPS) is 16.0. The summed E-state index contributed by atoms with van der Waals surface area (Å²) in [5.41, 5.74) is -0.512. The first-order valence-corrected chi connectivity index (χ1v) is 13.9. The van der Waals surface area contributed by atoms with Crippen molar-refractivity contribution >= 4 is 20.3 Å². The minimum Gasteiger partial charge on any atom is -0.450 e. The fraction of sp³-hybridized carbons (Fsp3) is 0.810. The Morgan fingerprint density at radius 3 is 2.10 bits per heavy atom. The van der Waals surface area contributed by atoms with Crippen molar-refractivity contribution in [2.45, 2.75) is 76.7 Å². The predicted octanol–water partition coefficient (Wildman–Crippen LogP) is 4.46. The number of amides is 2. The summed E-state index contributed by atoms with van der Waals surface area (Å²) in [4.78, 5) is 23.1. The van der Waals surface area contributed by atoms with E-state index in [0.29, 0.717) is 32.9 Å². The second-order valence-electron chi connectivity index (χ2n) is 8.92. The van der Waals surface area contributed by atoms with Crippen LogP contribution in [0.1, 0.15) is 46.5 Å². The van der Waals surface area contributed by atoms with Crippen molar-refractivity contribution in [2.24, 2.45) is 0 Å². The van der Waals surface area contributed by atoms with E-state index in [2.05, 4.69) is 29.3 Å². The van der Waals surface area contributed by atoms with E-state index < -0.39 is 25.9 Å². The molecule has 0 bridgehead atoms. The SMILES string of the molecule is CC(C)(C)OC(=O)NCCOCCNC(=O)OCCCC[Si]1(C)CCC=CCC1. The predicted molar refractivity (Wildman–Crippen MR) is 118 cm³/mol. The fourth-order valence-electron chi connectivity index (χ4n) is 3.21. The summed E-state index contributed by atoms with van der Waals surface area (Å²) in [6, 6.07) is 4.10. The summed E-state index contributed by atoms with van der Waals surface area (Å²) in [5.74, 6) is 0. The highest BCUT2D eigenvalue weighted by Crippen LogP contribution is 2.29. The third-order valence-electron chi connectivity index (χ3n) is 4.83. The number of allylic oxidation sites excluding steroid dienone is 2. The molecule has 0 spiro atoms. The number of hydrogen-bond donors (Lipinski definition) is 2. The molecule has 0 aliphatic carbocycles. The zero-order chi connectivity index (χ0) is 21.6. The Balaban J connectivity index is 1.92. The zero-order valence-corrected chi connectivity index (χ0v) is 19.7. The van der Waals surface area contributed by atoms with Crippen LogP contribution in [0.4, 0.5) is 9.59 Å². The van der Waals surface area contributed by atoms with Gasteiger partial charge in [0.15, 0.2) is 0 Å². The van der Waals surface area contributed by atoms with Crippen LogP contribution >= 0.6 is 0 Å². The van der Waals surface area contributed by atoms with Gasteiger partial charge in [-0.1, -0.05) is 43.3 Å². The average Bonchev–Trinajstić information content (AvgIpc) is 2.84. The van der Waals surface area contributed by atoms with Gasteiger partial charge in [-0.2, -0.15) is 0 Å². The van der Waals surface area contributed by atoms with E-state index in [0.717, 1.165) is 12.8 Å². The molecule has 0 saturated heterocycles. The van der Waals surface area contributed by atoms with E-state index >= 15 is 0 Å². The minimum atomic E-state index is -1.09. The number of alkyl carbamates (subject to hydrolysis) is 2. The summed E-state index contributed by atoms with van der Waals surface area (Å²) < 4.78 is 15.7. The average molecular weight is 429 g/mol. The van der Waals surface area contributed by atoms with Crippen molar-refractivity contribution in [3.05, 3.63) is 12.2 Å². The molecule has 2 N–H and O–H groups in total. The van der Waals surface area contributed by atoms with Gasteiger partial charge in [-0.15, -0.1) is 0 Å². The highest BCUT2D eigenvalue weighted by atomic mass is 28.3. The van der Waals surface area contributed by atoms with Crippen LogP contribution in [0, 0.1) is 0 Å². The number of unbranched alkanes of at least 4 members (excludes halogenated alkanes) is 1. The number of nitrogens with one attached hydrogen (secondary N) is 2. The molecule has 0 saturated carbocycles. The Hall–Kier alpha value is -1.54. The molecule has 168 valence electrons. The van der Waals surface area contributed by atoms with Gasteiger partial charge in [0.25, 0.3) is 0 Å². The lowest BCUT2D eigenvalue weighted by Crippen LogP contribution is -2.34. The van der Waals surface area contributed by atoms with Crippen LogP contribution in [-0.2, 0) is 14.2 Å². The van der Waals surface area contributed by atoms with Crippen LogP contribution in [0.15, 0.2) is 12.2 Å². The minimum absolute atomic E-state index is 0.355. The summed E-state index contributed by atoms with van der Waals surface area (Å²) in [6.07, 6.45) is 8.33. The van der Waals surface area contributed by atoms with E-state index in [4.69, 9.17) is 14.2 Å². The molecular weight excluding hydrogens is 388 g/mol. The standard InChI is InChI=1S/C21H40N2O5Si/c1-21(2,3)28-20(25)23-12-15-26-14-11-22-19(24)27-13-7-10-18-29(4)16-8-5-6-9-17-29/h5-6H,7-18H2,1-4H3,(H,22,24)(H,23,25). The second-order valence-corrected chi connectivity index (χ2v) is 14.0. The van der Waals surface area contributed by atoms with Crippen molar-refractivity contribution in [2.75, 3.05) is 32.9 Å². The number of hydrogen-bond acceptors (Lipinski definition) is 5. The van der Waals surface area contributed by atoms with Gasteiger partial charge in [0.2, 0.25) is 0 Å². The maximum atomic E-state index is 11.7. The van der Waals surface area contributed by atoms with E-state index in [1.54, 1.807) is 0 Å². The maximum Gasteiger partial charge on any atom is 0.407 e. The molecule has 0 aromatic carbocycles. The lowest BCUT2D eigenvalue weighted by Gasteiger charge is -2.25. The van der Waals surface area contributed by atoms with Gasteiger partial charge in [-0.05, 0) is 40.0 Å². The van der Waals surface area contributed by atoms with Crippen LogP contribution < -0.4 is 10.6 Å². The molecule has 0 atom stereocenters. The number of carbonyl (C=O) groups is 2. The molecule has 0 fully saturated rings. The summed E-state index contributed by atoms with van der Waals surface area (Å²) in [6.45, 7) is 9.87. The summed E-state index contributed by atoms with van der Waals surface area (Å²) in [5, 5.41) is 5.28. The summed E-state index contributed by atoms with van der Waals surface area (Å²) >= 11 is 0. The van der Waals surface area contributed by atoms with E-state index in [1.165, 1.54) is 31.0 Å². The maximum absolute atomic E-state index is 11.7. The first-order chi connectivity index (χ1) is 13.7.